The van der Waals surface area contributed by atoms with Crippen molar-refractivity contribution in [1.29, 1.82) is 0 Å². The van der Waals surface area contributed by atoms with Gasteiger partial charge < -0.3 is 10.4 Å². The van der Waals surface area contributed by atoms with Gasteiger partial charge in [0.1, 0.15) is 5.69 Å². The first-order valence-corrected chi connectivity index (χ1v) is 5.66. The van der Waals surface area contributed by atoms with Crippen molar-refractivity contribution in [1.82, 2.24) is 0 Å². The molecule has 1 aromatic carbocycles. The first-order valence-electron chi connectivity index (χ1n) is 4.86. The topological polar surface area (TPSA) is 75.4 Å². The van der Waals surface area contributed by atoms with Gasteiger partial charge in [-0.15, -0.1) is 0 Å². The van der Waals surface area contributed by atoms with Gasteiger partial charge >= 0.3 is 0 Å². The Labute approximate surface area is 102 Å². The zero-order valence-corrected chi connectivity index (χ0v) is 10.4. The van der Waals surface area contributed by atoms with E-state index in [4.69, 9.17) is 5.11 Å². The predicted molar refractivity (Wildman–Crippen MR) is 65.6 cm³/mol. The van der Waals surface area contributed by atoms with Crippen molar-refractivity contribution in [2.75, 3.05) is 11.9 Å². The predicted octanol–water partition coefficient (Wildman–Crippen LogP) is 2.54. The van der Waals surface area contributed by atoms with Crippen molar-refractivity contribution in [3.63, 3.8) is 0 Å². The summed E-state index contributed by atoms with van der Waals surface area (Å²) in [6.07, 6.45) is 0.127. The van der Waals surface area contributed by atoms with Gasteiger partial charge in [0.05, 0.1) is 11.0 Å². The van der Waals surface area contributed by atoms with E-state index in [0.717, 1.165) is 4.47 Å². The van der Waals surface area contributed by atoms with Crippen molar-refractivity contribution >= 4 is 27.3 Å². The molecule has 0 fully saturated rings. The second kappa shape index (κ2) is 5.81. The lowest BCUT2D eigenvalue weighted by atomic mass is 10.2. The van der Waals surface area contributed by atoms with E-state index in [1.165, 1.54) is 6.07 Å². The number of anilines is 1. The van der Waals surface area contributed by atoms with Gasteiger partial charge in [-0.2, -0.15) is 0 Å². The Hall–Kier alpha value is -1.14. The van der Waals surface area contributed by atoms with E-state index in [9.17, 15) is 10.1 Å². The quantitative estimate of drug-likeness (QED) is 0.645. The lowest BCUT2D eigenvalue weighted by Gasteiger charge is -2.08. The number of nitrogens with one attached hydrogen (secondary N) is 1. The molecular formula is C10H13BrN2O3. The van der Waals surface area contributed by atoms with Gasteiger partial charge in [-0.05, 0) is 25.5 Å². The largest absolute Gasteiger partial charge is 0.393 e. The molecule has 0 saturated carbocycles. The summed E-state index contributed by atoms with van der Waals surface area (Å²) in [7, 11) is 0. The molecule has 0 aliphatic heterocycles. The van der Waals surface area contributed by atoms with Crippen LogP contribution in [0.15, 0.2) is 22.7 Å². The molecule has 1 unspecified atom stereocenters. The van der Waals surface area contributed by atoms with E-state index >= 15 is 0 Å². The van der Waals surface area contributed by atoms with Gasteiger partial charge in [-0.3, -0.25) is 10.1 Å². The fourth-order valence-electron chi connectivity index (χ4n) is 1.22. The molecule has 0 spiro atoms. The van der Waals surface area contributed by atoms with Crippen molar-refractivity contribution < 1.29 is 10.0 Å². The van der Waals surface area contributed by atoms with E-state index in [1.807, 2.05) is 0 Å². The highest BCUT2D eigenvalue weighted by Crippen LogP contribution is 2.27. The number of nitro groups is 1. The van der Waals surface area contributed by atoms with Crippen LogP contribution in [0.4, 0.5) is 11.4 Å². The lowest BCUT2D eigenvalue weighted by Crippen LogP contribution is -2.10. The van der Waals surface area contributed by atoms with E-state index in [1.54, 1.807) is 19.1 Å². The number of aliphatic hydroxyl groups is 1. The highest BCUT2D eigenvalue weighted by Gasteiger charge is 2.13. The summed E-state index contributed by atoms with van der Waals surface area (Å²) in [5, 5.41) is 22.7. The zero-order chi connectivity index (χ0) is 12.1. The van der Waals surface area contributed by atoms with Crippen LogP contribution in [0.5, 0.6) is 0 Å². The highest BCUT2D eigenvalue weighted by molar-refractivity contribution is 9.10. The van der Waals surface area contributed by atoms with Gasteiger partial charge in [0.25, 0.3) is 5.69 Å². The first kappa shape index (κ1) is 12.9. The third-order valence-electron chi connectivity index (χ3n) is 2.03. The number of hydrogen-bond acceptors (Lipinski definition) is 4. The molecule has 0 saturated heterocycles. The molecule has 88 valence electrons. The van der Waals surface area contributed by atoms with Crippen LogP contribution in [-0.2, 0) is 0 Å². The number of hydrogen-bond donors (Lipinski definition) is 2. The molecule has 0 aromatic heterocycles. The summed E-state index contributed by atoms with van der Waals surface area (Å²) >= 11 is 3.25. The first-order chi connectivity index (χ1) is 7.50. The van der Waals surface area contributed by atoms with Crippen LogP contribution in [0.25, 0.3) is 0 Å². The van der Waals surface area contributed by atoms with Crippen LogP contribution < -0.4 is 5.32 Å². The summed E-state index contributed by atoms with van der Waals surface area (Å²) in [6.45, 7) is 2.17. The Morgan fingerprint density at radius 3 is 2.88 bits per heavy atom. The molecule has 1 atom stereocenters. The fourth-order valence-corrected chi connectivity index (χ4v) is 1.59. The second-order valence-electron chi connectivity index (χ2n) is 3.48. The summed E-state index contributed by atoms with van der Waals surface area (Å²) in [5.74, 6) is 0. The molecule has 2 N–H and O–H groups in total. The number of halogens is 1. The zero-order valence-electron chi connectivity index (χ0n) is 8.81. The molecule has 1 rings (SSSR count). The molecule has 0 aliphatic rings. The summed E-state index contributed by atoms with van der Waals surface area (Å²) in [4.78, 5) is 10.3. The molecule has 0 bridgehead atoms. The average Bonchev–Trinajstić information content (AvgIpc) is 2.16. The third kappa shape index (κ3) is 3.79. The molecule has 0 heterocycles. The number of benzene rings is 1. The maximum absolute atomic E-state index is 10.7. The third-order valence-corrected chi connectivity index (χ3v) is 2.53. The smallest absolute Gasteiger partial charge is 0.292 e. The fraction of sp³-hybridized carbons (Fsp3) is 0.400. The SMILES string of the molecule is CC(O)CCNc1cc(Br)ccc1[N+](=O)[O-]. The van der Waals surface area contributed by atoms with Crippen LogP contribution in [0.1, 0.15) is 13.3 Å². The van der Waals surface area contributed by atoms with Crippen LogP contribution in [0, 0.1) is 10.1 Å². The standard InChI is InChI=1S/C10H13BrN2O3/c1-7(14)4-5-12-9-6-8(11)2-3-10(9)13(15)16/h2-3,6-7,12,14H,4-5H2,1H3. The van der Waals surface area contributed by atoms with E-state index in [-0.39, 0.29) is 5.69 Å². The summed E-state index contributed by atoms with van der Waals surface area (Å²) in [6, 6.07) is 4.72. The average molecular weight is 289 g/mol. The van der Waals surface area contributed by atoms with Crippen LogP contribution in [0.3, 0.4) is 0 Å². The maximum atomic E-state index is 10.7. The van der Waals surface area contributed by atoms with E-state index < -0.39 is 11.0 Å². The minimum Gasteiger partial charge on any atom is -0.393 e. The Morgan fingerprint density at radius 2 is 2.31 bits per heavy atom. The Morgan fingerprint density at radius 1 is 1.62 bits per heavy atom. The number of nitro benzene ring substituents is 1. The Balaban J connectivity index is 2.76. The molecular weight excluding hydrogens is 276 g/mol. The lowest BCUT2D eigenvalue weighted by molar-refractivity contribution is -0.384. The molecule has 1 aromatic rings. The van der Waals surface area contributed by atoms with Crippen molar-refractivity contribution in [3.05, 3.63) is 32.8 Å². The molecule has 6 heteroatoms. The Bertz CT molecular complexity index is 382. The van der Waals surface area contributed by atoms with Gasteiger partial charge in [0, 0.05) is 17.1 Å². The minimum absolute atomic E-state index is 0.0359. The van der Waals surface area contributed by atoms with Gasteiger partial charge in [-0.25, -0.2) is 0 Å². The van der Waals surface area contributed by atoms with Gasteiger partial charge in [-0.1, -0.05) is 15.9 Å². The van der Waals surface area contributed by atoms with E-state index in [0.29, 0.717) is 18.7 Å². The van der Waals surface area contributed by atoms with Crippen LogP contribution >= 0.6 is 15.9 Å². The van der Waals surface area contributed by atoms with Crippen LogP contribution in [0.2, 0.25) is 0 Å². The second-order valence-corrected chi connectivity index (χ2v) is 4.40. The number of nitrogens with zero attached hydrogens (tertiary/aromatic N) is 1. The van der Waals surface area contributed by atoms with Crippen LogP contribution in [-0.4, -0.2) is 22.7 Å². The van der Waals surface area contributed by atoms with Gasteiger partial charge in [0.2, 0.25) is 0 Å². The van der Waals surface area contributed by atoms with Crippen molar-refractivity contribution in [3.8, 4) is 0 Å². The molecule has 0 amide bonds. The maximum Gasteiger partial charge on any atom is 0.292 e. The molecule has 0 aliphatic carbocycles. The molecule has 5 nitrogen and oxygen atoms in total. The number of rotatable bonds is 5. The monoisotopic (exact) mass is 288 g/mol. The van der Waals surface area contributed by atoms with Gasteiger partial charge in [0.15, 0.2) is 0 Å². The highest BCUT2D eigenvalue weighted by atomic mass is 79.9. The molecule has 16 heavy (non-hydrogen) atoms. The molecule has 0 radical (unpaired) electrons. The van der Waals surface area contributed by atoms with Crippen molar-refractivity contribution in [2.45, 2.75) is 19.4 Å². The Kier molecular flexibility index (Phi) is 4.70. The summed E-state index contributed by atoms with van der Waals surface area (Å²) < 4.78 is 0.776. The summed E-state index contributed by atoms with van der Waals surface area (Å²) in [5.41, 5.74) is 0.494. The number of aliphatic hydroxyl groups excluding tert-OH is 1. The van der Waals surface area contributed by atoms with Crippen molar-refractivity contribution in [2.24, 2.45) is 0 Å². The normalized spacial score (nSPS) is 12.2. The van der Waals surface area contributed by atoms with E-state index in [2.05, 4.69) is 21.2 Å². The minimum atomic E-state index is -0.433.